The number of hydrogen-bond donors (Lipinski definition) is 2. The molecule has 3 aliphatic rings. The van der Waals surface area contributed by atoms with E-state index in [1.54, 1.807) is 0 Å². The van der Waals surface area contributed by atoms with Gasteiger partial charge in [0, 0.05) is 24.7 Å². The first-order valence-corrected chi connectivity index (χ1v) is 8.56. The van der Waals surface area contributed by atoms with E-state index in [4.69, 9.17) is 5.73 Å². The molecule has 2 heterocycles. The summed E-state index contributed by atoms with van der Waals surface area (Å²) in [5, 5.41) is 3.37. The standard InChI is InChI=1S/C16H30N4O/c1-3-18-16(15(17)21)8-6-13(10-16)20-9-7-12-4-5-14(11-20)19(12)2/h12-14,18H,3-11H2,1-2H3,(H2,17,21). The van der Waals surface area contributed by atoms with Gasteiger partial charge in [0.1, 0.15) is 0 Å². The Bertz CT molecular complexity index is 402. The predicted molar refractivity (Wildman–Crippen MR) is 84.0 cm³/mol. The highest BCUT2D eigenvalue weighted by atomic mass is 16.1. The number of nitrogens with two attached hydrogens (primary N) is 1. The Balaban J connectivity index is 1.67. The van der Waals surface area contributed by atoms with Crippen molar-refractivity contribution >= 4 is 5.91 Å². The Kier molecular flexibility index (Phi) is 4.26. The van der Waals surface area contributed by atoms with Crippen LogP contribution < -0.4 is 11.1 Å². The minimum Gasteiger partial charge on any atom is -0.368 e. The van der Waals surface area contributed by atoms with Crippen LogP contribution in [0.1, 0.15) is 45.4 Å². The first-order valence-electron chi connectivity index (χ1n) is 8.56. The van der Waals surface area contributed by atoms with Gasteiger partial charge in [0.25, 0.3) is 0 Å². The number of carbonyl (C=O) groups is 1. The Morgan fingerprint density at radius 3 is 2.71 bits per heavy atom. The number of fused-ring (bicyclic) bond motifs is 2. The molecule has 0 spiro atoms. The van der Waals surface area contributed by atoms with Crippen LogP contribution in [0.4, 0.5) is 0 Å². The fourth-order valence-electron chi connectivity index (χ4n) is 4.81. The van der Waals surface area contributed by atoms with Crippen molar-refractivity contribution in [3.05, 3.63) is 0 Å². The van der Waals surface area contributed by atoms with Crippen molar-refractivity contribution in [2.45, 2.75) is 69.1 Å². The maximum absolute atomic E-state index is 11.9. The summed E-state index contributed by atoms with van der Waals surface area (Å²) in [5.74, 6) is -0.166. The van der Waals surface area contributed by atoms with Gasteiger partial charge in [-0.1, -0.05) is 6.92 Å². The zero-order chi connectivity index (χ0) is 15.0. The molecule has 5 nitrogen and oxygen atoms in total. The second-order valence-electron chi connectivity index (χ2n) is 7.21. The second kappa shape index (κ2) is 5.86. The van der Waals surface area contributed by atoms with Crippen LogP contribution in [0.2, 0.25) is 0 Å². The average molecular weight is 294 g/mol. The molecular weight excluding hydrogens is 264 g/mol. The zero-order valence-corrected chi connectivity index (χ0v) is 13.5. The number of likely N-dealkylation sites (N-methyl/N-ethyl adjacent to an activating group) is 2. The molecule has 1 saturated carbocycles. The average Bonchev–Trinajstić information content (AvgIpc) is 2.94. The van der Waals surface area contributed by atoms with Crippen molar-refractivity contribution in [1.29, 1.82) is 0 Å². The van der Waals surface area contributed by atoms with Gasteiger partial charge in [-0.15, -0.1) is 0 Å². The highest BCUT2D eigenvalue weighted by Gasteiger charge is 2.46. The number of primary amides is 1. The lowest BCUT2D eigenvalue weighted by Gasteiger charge is -2.33. The van der Waals surface area contributed by atoms with Crippen molar-refractivity contribution in [1.82, 2.24) is 15.1 Å². The van der Waals surface area contributed by atoms with E-state index < -0.39 is 5.54 Å². The normalized spacial score (nSPS) is 41.3. The molecule has 3 fully saturated rings. The van der Waals surface area contributed by atoms with Gasteiger partial charge < -0.3 is 11.1 Å². The van der Waals surface area contributed by atoms with Crippen molar-refractivity contribution in [3.63, 3.8) is 0 Å². The lowest BCUT2D eigenvalue weighted by Crippen LogP contribution is -2.54. The van der Waals surface area contributed by atoms with Gasteiger partial charge in [0.05, 0.1) is 5.54 Å². The summed E-state index contributed by atoms with van der Waals surface area (Å²) in [6.45, 7) is 5.21. The molecular formula is C16H30N4O. The van der Waals surface area contributed by atoms with E-state index in [0.717, 1.165) is 31.8 Å². The van der Waals surface area contributed by atoms with Gasteiger partial charge in [0.15, 0.2) is 0 Å². The lowest BCUT2D eigenvalue weighted by molar-refractivity contribution is -0.124. The van der Waals surface area contributed by atoms with Gasteiger partial charge in [-0.2, -0.15) is 0 Å². The molecule has 1 amide bonds. The van der Waals surface area contributed by atoms with Crippen molar-refractivity contribution in [2.24, 2.45) is 5.73 Å². The van der Waals surface area contributed by atoms with Gasteiger partial charge in [-0.3, -0.25) is 14.6 Å². The summed E-state index contributed by atoms with van der Waals surface area (Å²) in [6, 6.07) is 2.00. The van der Waals surface area contributed by atoms with Crippen molar-refractivity contribution < 1.29 is 4.79 Å². The first-order chi connectivity index (χ1) is 10.1. The number of rotatable bonds is 4. The van der Waals surface area contributed by atoms with E-state index in [0.29, 0.717) is 12.1 Å². The molecule has 0 aromatic heterocycles. The Hall–Kier alpha value is -0.650. The molecule has 21 heavy (non-hydrogen) atoms. The van der Waals surface area contributed by atoms with Crippen LogP contribution in [0.5, 0.6) is 0 Å². The Labute approximate surface area is 128 Å². The molecule has 2 bridgehead atoms. The summed E-state index contributed by atoms with van der Waals surface area (Å²) in [7, 11) is 2.28. The van der Waals surface area contributed by atoms with Crippen LogP contribution >= 0.6 is 0 Å². The zero-order valence-electron chi connectivity index (χ0n) is 13.5. The number of amides is 1. The summed E-state index contributed by atoms with van der Waals surface area (Å²) in [5.41, 5.74) is 5.23. The molecule has 3 rings (SSSR count). The van der Waals surface area contributed by atoms with E-state index in [1.807, 2.05) is 0 Å². The minimum absolute atomic E-state index is 0.166. The van der Waals surface area contributed by atoms with E-state index in [2.05, 4.69) is 29.1 Å². The molecule has 0 aromatic carbocycles. The van der Waals surface area contributed by atoms with Crippen molar-refractivity contribution in [2.75, 3.05) is 26.7 Å². The van der Waals surface area contributed by atoms with E-state index in [-0.39, 0.29) is 5.91 Å². The number of nitrogens with one attached hydrogen (secondary N) is 1. The maximum Gasteiger partial charge on any atom is 0.237 e. The largest absolute Gasteiger partial charge is 0.368 e. The van der Waals surface area contributed by atoms with Gasteiger partial charge in [-0.05, 0) is 58.7 Å². The number of hydrogen-bond acceptors (Lipinski definition) is 4. The molecule has 0 aromatic rings. The van der Waals surface area contributed by atoms with Crippen LogP contribution in [0.3, 0.4) is 0 Å². The number of likely N-dealkylation sites (tertiary alicyclic amines) is 1. The molecule has 1 aliphatic carbocycles. The van der Waals surface area contributed by atoms with E-state index in [9.17, 15) is 4.79 Å². The van der Waals surface area contributed by atoms with Crippen LogP contribution in [0.15, 0.2) is 0 Å². The minimum atomic E-state index is -0.462. The summed E-state index contributed by atoms with van der Waals surface area (Å²) in [4.78, 5) is 17.1. The molecule has 2 aliphatic heterocycles. The highest BCUT2D eigenvalue weighted by Crippen LogP contribution is 2.36. The van der Waals surface area contributed by atoms with Crippen LogP contribution in [-0.4, -0.2) is 66.1 Å². The SMILES string of the molecule is CCNC1(C(N)=O)CCC(N2CCC3CCC(C2)N3C)C1. The van der Waals surface area contributed by atoms with E-state index in [1.165, 1.54) is 32.4 Å². The summed E-state index contributed by atoms with van der Waals surface area (Å²) >= 11 is 0. The molecule has 2 saturated heterocycles. The predicted octanol–water partition coefficient (Wildman–Crippen LogP) is 0.541. The lowest BCUT2D eigenvalue weighted by atomic mass is 9.96. The first kappa shape index (κ1) is 15.3. The topological polar surface area (TPSA) is 61.6 Å². The summed E-state index contributed by atoms with van der Waals surface area (Å²) < 4.78 is 0. The van der Waals surface area contributed by atoms with Gasteiger partial charge >= 0.3 is 0 Å². The highest BCUT2D eigenvalue weighted by molar-refractivity contribution is 5.85. The van der Waals surface area contributed by atoms with Gasteiger partial charge in [0.2, 0.25) is 5.91 Å². The monoisotopic (exact) mass is 294 g/mol. The fraction of sp³-hybridized carbons (Fsp3) is 0.938. The molecule has 3 N–H and O–H groups in total. The Morgan fingerprint density at radius 1 is 1.24 bits per heavy atom. The van der Waals surface area contributed by atoms with Crippen LogP contribution in [-0.2, 0) is 4.79 Å². The molecule has 0 radical (unpaired) electrons. The molecule has 4 unspecified atom stereocenters. The summed E-state index contributed by atoms with van der Waals surface area (Å²) in [6.07, 6.45) is 6.84. The number of nitrogens with zero attached hydrogens (tertiary/aromatic N) is 2. The molecule has 5 heteroatoms. The van der Waals surface area contributed by atoms with Crippen LogP contribution in [0.25, 0.3) is 0 Å². The van der Waals surface area contributed by atoms with Crippen molar-refractivity contribution in [3.8, 4) is 0 Å². The Morgan fingerprint density at radius 2 is 2.00 bits per heavy atom. The number of carbonyl (C=O) groups excluding carboxylic acids is 1. The third-order valence-electron chi connectivity index (χ3n) is 6.17. The van der Waals surface area contributed by atoms with Crippen LogP contribution in [0, 0.1) is 0 Å². The third-order valence-corrected chi connectivity index (χ3v) is 6.17. The van der Waals surface area contributed by atoms with E-state index >= 15 is 0 Å². The third kappa shape index (κ3) is 2.71. The quantitative estimate of drug-likeness (QED) is 0.794. The fourth-order valence-corrected chi connectivity index (χ4v) is 4.81. The second-order valence-corrected chi connectivity index (χ2v) is 7.21. The maximum atomic E-state index is 11.9. The van der Waals surface area contributed by atoms with Gasteiger partial charge in [-0.25, -0.2) is 0 Å². The molecule has 120 valence electrons. The molecule has 4 atom stereocenters. The smallest absolute Gasteiger partial charge is 0.237 e.